The van der Waals surface area contributed by atoms with E-state index in [1.54, 1.807) is 26.5 Å². The van der Waals surface area contributed by atoms with Crippen molar-refractivity contribution in [3.63, 3.8) is 0 Å². The fraction of sp³-hybridized carbons (Fsp3) is 0.400. The molecule has 36 heavy (non-hydrogen) atoms. The average molecular weight is 488 g/mol. The van der Waals surface area contributed by atoms with Crippen molar-refractivity contribution in [2.75, 3.05) is 34.4 Å². The number of benzene rings is 2. The maximum atomic E-state index is 13.3. The van der Waals surface area contributed by atoms with Crippen molar-refractivity contribution in [1.82, 2.24) is 14.8 Å². The highest BCUT2D eigenvalue weighted by molar-refractivity contribution is 5.92. The number of ether oxygens (including phenoxy) is 2. The highest BCUT2D eigenvalue weighted by atomic mass is 16.5. The van der Waals surface area contributed by atoms with Gasteiger partial charge in [-0.1, -0.05) is 30.3 Å². The molecule has 3 aromatic rings. The minimum atomic E-state index is -0.0281. The van der Waals surface area contributed by atoms with Crippen LogP contribution < -0.4 is 9.47 Å². The van der Waals surface area contributed by atoms with Gasteiger partial charge in [-0.05, 0) is 92.2 Å². The molecule has 1 aromatic heterocycles. The summed E-state index contributed by atoms with van der Waals surface area (Å²) in [6.45, 7) is 5.04. The normalized spacial score (nSPS) is 15.3. The molecule has 6 nitrogen and oxygen atoms in total. The van der Waals surface area contributed by atoms with E-state index in [4.69, 9.17) is 9.47 Å². The Bertz CT molecular complexity index is 1140. The summed E-state index contributed by atoms with van der Waals surface area (Å²) in [5.74, 6) is 2.15. The van der Waals surface area contributed by atoms with Crippen molar-refractivity contribution in [2.24, 2.45) is 5.92 Å². The summed E-state index contributed by atoms with van der Waals surface area (Å²) in [5.41, 5.74) is 4.14. The molecule has 0 aliphatic carbocycles. The third kappa shape index (κ3) is 6.24. The van der Waals surface area contributed by atoms with Gasteiger partial charge in [0.1, 0.15) is 17.2 Å². The monoisotopic (exact) mass is 487 g/mol. The lowest BCUT2D eigenvalue weighted by Crippen LogP contribution is -2.47. The third-order valence-corrected chi connectivity index (χ3v) is 7.32. The van der Waals surface area contributed by atoms with E-state index in [2.05, 4.69) is 47.1 Å². The van der Waals surface area contributed by atoms with Crippen LogP contribution in [0.2, 0.25) is 0 Å². The number of methoxy groups -OCH3 is 2. The number of likely N-dealkylation sites (tertiary alicyclic amines) is 1. The lowest BCUT2D eigenvalue weighted by Gasteiger charge is -2.40. The molecular weight excluding hydrogens is 450 g/mol. The van der Waals surface area contributed by atoms with E-state index >= 15 is 0 Å². The maximum Gasteiger partial charge on any atom is 0.272 e. The standard InChI is InChI=1S/C30H37N3O3/c1-22-18-24(11-12-29(22)36-4)21-33-16-13-25(14-17-33)28(20-23-8-7-9-26(19-23)35-3)32(2)30(34)27-10-5-6-15-31-27/h5-12,15,18-19,25,28H,13-14,16-17,20-21H2,1-4H3/t28-/m1/s1. The number of hydrogen-bond donors (Lipinski definition) is 0. The van der Waals surface area contributed by atoms with Crippen LogP contribution >= 0.6 is 0 Å². The van der Waals surface area contributed by atoms with Crippen LogP contribution in [0.1, 0.15) is 40.0 Å². The fourth-order valence-corrected chi connectivity index (χ4v) is 5.27. The molecule has 1 atom stereocenters. The SMILES string of the molecule is COc1cccc(C[C@H](C2CCN(Cc3ccc(OC)c(C)c3)CC2)N(C)C(=O)c2ccccn2)c1. The van der Waals surface area contributed by atoms with Crippen molar-refractivity contribution in [1.29, 1.82) is 0 Å². The Kier molecular flexibility index (Phi) is 8.60. The van der Waals surface area contributed by atoms with Crippen LogP contribution in [-0.2, 0) is 13.0 Å². The zero-order chi connectivity index (χ0) is 25.5. The fourth-order valence-electron chi connectivity index (χ4n) is 5.27. The molecule has 1 saturated heterocycles. The number of carbonyl (C=O) groups excluding carboxylic acids is 1. The topological polar surface area (TPSA) is 54.9 Å². The molecular formula is C30H37N3O3. The first kappa shape index (κ1) is 25.7. The highest BCUT2D eigenvalue weighted by Crippen LogP contribution is 2.29. The van der Waals surface area contributed by atoms with Crippen LogP contribution in [0.4, 0.5) is 0 Å². The van der Waals surface area contributed by atoms with E-state index in [-0.39, 0.29) is 11.9 Å². The summed E-state index contributed by atoms with van der Waals surface area (Å²) < 4.78 is 10.9. The first-order valence-corrected chi connectivity index (χ1v) is 12.7. The molecule has 1 aliphatic heterocycles. The number of aromatic nitrogens is 1. The molecule has 0 saturated carbocycles. The van der Waals surface area contributed by atoms with Gasteiger partial charge < -0.3 is 14.4 Å². The summed E-state index contributed by atoms with van der Waals surface area (Å²) >= 11 is 0. The Labute approximate surface area is 214 Å². The van der Waals surface area contributed by atoms with E-state index in [0.717, 1.165) is 56.0 Å². The Morgan fingerprint density at radius 2 is 1.83 bits per heavy atom. The number of hydrogen-bond acceptors (Lipinski definition) is 5. The van der Waals surface area contributed by atoms with E-state index < -0.39 is 0 Å². The number of amides is 1. The van der Waals surface area contributed by atoms with Crippen LogP contribution in [0.3, 0.4) is 0 Å². The summed E-state index contributed by atoms with van der Waals surface area (Å²) in [5, 5.41) is 0. The van der Waals surface area contributed by atoms with E-state index in [0.29, 0.717) is 11.6 Å². The van der Waals surface area contributed by atoms with Gasteiger partial charge in [0.25, 0.3) is 5.91 Å². The smallest absolute Gasteiger partial charge is 0.272 e. The van der Waals surface area contributed by atoms with E-state index in [1.165, 1.54) is 11.1 Å². The van der Waals surface area contributed by atoms with Gasteiger partial charge in [0.2, 0.25) is 0 Å². The Morgan fingerprint density at radius 3 is 2.50 bits per heavy atom. The number of nitrogens with zero attached hydrogens (tertiary/aromatic N) is 3. The van der Waals surface area contributed by atoms with Gasteiger partial charge in [-0.3, -0.25) is 14.7 Å². The number of aryl methyl sites for hydroxylation is 1. The number of piperidine rings is 1. The minimum absolute atomic E-state index is 0.0281. The number of pyridine rings is 1. The lowest BCUT2D eigenvalue weighted by atomic mass is 9.84. The van der Waals surface area contributed by atoms with Gasteiger partial charge in [0.15, 0.2) is 0 Å². The maximum absolute atomic E-state index is 13.3. The van der Waals surface area contributed by atoms with Crippen LogP contribution in [0.15, 0.2) is 66.9 Å². The second kappa shape index (κ2) is 12.0. The molecule has 0 bridgehead atoms. The van der Waals surface area contributed by atoms with Crippen molar-refractivity contribution >= 4 is 5.91 Å². The average Bonchev–Trinajstić information content (AvgIpc) is 2.92. The molecule has 1 amide bonds. The first-order valence-electron chi connectivity index (χ1n) is 12.7. The van der Waals surface area contributed by atoms with Crippen LogP contribution in [0, 0.1) is 12.8 Å². The van der Waals surface area contributed by atoms with Crippen LogP contribution in [0.25, 0.3) is 0 Å². The molecule has 1 aliphatic rings. The van der Waals surface area contributed by atoms with E-state index in [1.807, 2.05) is 36.2 Å². The van der Waals surface area contributed by atoms with Gasteiger partial charge in [0.05, 0.1) is 14.2 Å². The summed E-state index contributed by atoms with van der Waals surface area (Å²) in [6, 6.07) is 20.2. The van der Waals surface area contributed by atoms with Crippen LogP contribution in [-0.4, -0.2) is 61.1 Å². The van der Waals surface area contributed by atoms with Crippen molar-refractivity contribution < 1.29 is 14.3 Å². The van der Waals surface area contributed by atoms with Gasteiger partial charge in [-0.15, -0.1) is 0 Å². The second-order valence-corrected chi connectivity index (χ2v) is 9.67. The zero-order valence-electron chi connectivity index (χ0n) is 21.8. The van der Waals surface area contributed by atoms with Gasteiger partial charge in [-0.2, -0.15) is 0 Å². The predicted molar refractivity (Wildman–Crippen MR) is 143 cm³/mol. The summed E-state index contributed by atoms with van der Waals surface area (Å²) in [6.07, 6.45) is 4.55. The molecule has 0 radical (unpaired) electrons. The minimum Gasteiger partial charge on any atom is -0.497 e. The van der Waals surface area contributed by atoms with Crippen LogP contribution in [0.5, 0.6) is 11.5 Å². The van der Waals surface area contributed by atoms with Gasteiger partial charge in [0, 0.05) is 25.8 Å². The quantitative estimate of drug-likeness (QED) is 0.425. The molecule has 1 fully saturated rings. The molecule has 190 valence electrons. The highest BCUT2D eigenvalue weighted by Gasteiger charge is 2.32. The Hall–Kier alpha value is -3.38. The third-order valence-electron chi connectivity index (χ3n) is 7.32. The van der Waals surface area contributed by atoms with Crippen molar-refractivity contribution in [2.45, 2.75) is 38.8 Å². The zero-order valence-corrected chi connectivity index (χ0v) is 21.8. The lowest BCUT2D eigenvalue weighted by molar-refractivity contribution is 0.0579. The van der Waals surface area contributed by atoms with Gasteiger partial charge >= 0.3 is 0 Å². The Morgan fingerprint density at radius 1 is 1.03 bits per heavy atom. The molecule has 2 heterocycles. The molecule has 4 rings (SSSR count). The van der Waals surface area contributed by atoms with Gasteiger partial charge in [-0.25, -0.2) is 0 Å². The van der Waals surface area contributed by atoms with Crippen molar-refractivity contribution in [3.05, 3.63) is 89.2 Å². The number of rotatable bonds is 9. The molecule has 0 unspecified atom stereocenters. The van der Waals surface area contributed by atoms with E-state index in [9.17, 15) is 4.79 Å². The second-order valence-electron chi connectivity index (χ2n) is 9.67. The largest absolute Gasteiger partial charge is 0.497 e. The first-order chi connectivity index (χ1) is 17.5. The van der Waals surface area contributed by atoms with Crippen molar-refractivity contribution in [3.8, 4) is 11.5 Å². The molecule has 0 spiro atoms. The number of carbonyl (C=O) groups is 1. The number of likely N-dealkylation sites (N-methyl/N-ethyl adjacent to an activating group) is 1. The predicted octanol–water partition coefficient (Wildman–Crippen LogP) is 5.00. The Balaban J connectivity index is 1.47. The molecule has 0 N–H and O–H groups in total. The molecule has 2 aromatic carbocycles. The molecule has 6 heteroatoms. The summed E-state index contributed by atoms with van der Waals surface area (Å²) in [7, 11) is 5.33. The summed E-state index contributed by atoms with van der Waals surface area (Å²) in [4.78, 5) is 22.1.